The van der Waals surface area contributed by atoms with E-state index in [9.17, 15) is 14.4 Å². The third-order valence-corrected chi connectivity index (χ3v) is 2.07. The van der Waals surface area contributed by atoms with Crippen molar-refractivity contribution in [3.63, 3.8) is 0 Å². The third-order valence-electron chi connectivity index (χ3n) is 0.999. The summed E-state index contributed by atoms with van der Waals surface area (Å²) >= 11 is 0.627. The summed E-state index contributed by atoms with van der Waals surface area (Å²) in [7, 11) is 0. The fraction of sp³-hybridized carbons (Fsp3) is 0.500. The molecule has 6 heteroatoms. The molecule has 0 fully saturated rings. The SMILES string of the molecule is CC(=O)C(=O)SCC(N)C(=O)O. The number of hydrogen-bond donors (Lipinski definition) is 2. The second-order valence-corrected chi connectivity index (χ2v) is 3.09. The molecule has 0 aromatic rings. The van der Waals surface area contributed by atoms with Crippen LogP contribution in [0.4, 0.5) is 0 Å². The van der Waals surface area contributed by atoms with E-state index in [0.29, 0.717) is 11.8 Å². The number of aliphatic carboxylic acids is 1. The monoisotopic (exact) mass is 191 g/mol. The Hall–Kier alpha value is -0.880. The number of thioether (sulfide) groups is 1. The van der Waals surface area contributed by atoms with Gasteiger partial charge in [0.15, 0.2) is 0 Å². The lowest BCUT2D eigenvalue weighted by Gasteiger charge is -2.02. The molecule has 68 valence electrons. The molecule has 1 atom stereocenters. The number of nitrogens with two attached hydrogens (primary N) is 1. The van der Waals surface area contributed by atoms with Gasteiger partial charge in [-0.2, -0.15) is 0 Å². The molecule has 0 aliphatic rings. The van der Waals surface area contributed by atoms with E-state index in [4.69, 9.17) is 10.8 Å². The summed E-state index contributed by atoms with van der Waals surface area (Å²) in [5, 5.41) is 7.64. The van der Waals surface area contributed by atoms with Gasteiger partial charge in [-0.15, -0.1) is 0 Å². The number of hydrogen-bond acceptors (Lipinski definition) is 5. The van der Waals surface area contributed by atoms with E-state index in [2.05, 4.69) is 0 Å². The van der Waals surface area contributed by atoms with Gasteiger partial charge < -0.3 is 10.8 Å². The lowest BCUT2D eigenvalue weighted by atomic mass is 10.4. The summed E-state index contributed by atoms with van der Waals surface area (Å²) in [4.78, 5) is 31.1. The zero-order chi connectivity index (χ0) is 9.72. The molecule has 0 radical (unpaired) electrons. The first-order chi connectivity index (χ1) is 5.45. The topological polar surface area (TPSA) is 97.5 Å². The predicted molar refractivity (Wildman–Crippen MR) is 43.8 cm³/mol. The van der Waals surface area contributed by atoms with Crippen LogP contribution >= 0.6 is 11.8 Å². The van der Waals surface area contributed by atoms with Crippen molar-refractivity contribution < 1.29 is 19.5 Å². The Bertz CT molecular complexity index is 216. The first-order valence-corrected chi connectivity index (χ1v) is 4.09. The maximum absolute atomic E-state index is 10.6. The Morgan fingerprint density at radius 2 is 2.00 bits per heavy atom. The number of rotatable bonds is 4. The lowest BCUT2D eigenvalue weighted by molar-refractivity contribution is -0.137. The maximum atomic E-state index is 10.6. The smallest absolute Gasteiger partial charge is 0.321 e. The molecule has 0 rings (SSSR count). The maximum Gasteiger partial charge on any atom is 0.321 e. The number of carbonyl (C=O) groups is 3. The Morgan fingerprint density at radius 3 is 2.33 bits per heavy atom. The second-order valence-electron chi connectivity index (χ2n) is 2.10. The van der Waals surface area contributed by atoms with Crippen LogP contribution in [0.15, 0.2) is 0 Å². The van der Waals surface area contributed by atoms with Crippen LogP contribution in [0, 0.1) is 0 Å². The first-order valence-electron chi connectivity index (χ1n) is 3.11. The van der Waals surface area contributed by atoms with Gasteiger partial charge in [0.1, 0.15) is 6.04 Å². The largest absolute Gasteiger partial charge is 0.480 e. The van der Waals surface area contributed by atoms with E-state index in [1.807, 2.05) is 0 Å². The average molecular weight is 191 g/mol. The number of ketones is 1. The highest BCUT2D eigenvalue weighted by atomic mass is 32.2. The van der Waals surface area contributed by atoms with Crippen LogP contribution in [-0.4, -0.2) is 33.8 Å². The molecular formula is C6H9NO4S. The zero-order valence-corrected chi connectivity index (χ0v) is 7.26. The molecule has 0 saturated heterocycles. The summed E-state index contributed by atoms with van der Waals surface area (Å²) in [6.45, 7) is 1.13. The summed E-state index contributed by atoms with van der Waals surface area (Å²) in [5.74, 6) is -1.86. The van der Waals surface area contributed by atoms with E-state index in [1.54, 1.807) is 0 Å². The molecule has 0 saturated carbocycles. The first kappa shape index (κ1) is 11.1. The quantitative estimate of drug-likeness (QED) is 0.567. The number of Topliss-reactive ketones (excluding diaryl/α,β-unsaturated/α-hetero) is 1. The molecule has 0 aromatic carbocycles. The molecule has 0 aliphatic heterocycles. The Labute approximate surface area is 73.3 Å². The summed E-state index contributed by atoms with van der Waals surface area (Å²) in [6, 6.07) is -1.10. The van der Waals surface area contributed by atoms with Crippen LogP contribution < -0.4 is 5.73 Å². The number of carboxylic acids is 1. The molecule has 1 unspecified atom stereocenters. The van der Waals surface area contributed by atoms with Gasteiger partial charge in [0.25, 0.3) is 5.12 Å². The Kier molecular flexibility index (Phi) is 4.53. The minimum absolute atomic E-state index is 0.0756. The van der Waals surface area contributed by atoms with Crippen LogP contribution in [0.5, 0.6) is 0 Å². The molecule has 0 heterocycles. The van der Waals surface area contributed by atoms with E-state index in [0.717, 1.165) is 6.92 Å². The van der Waals surface area contributed by atoms with Gasteiger partial charge in [-0.3, -0.25) is 14.4 Å². The summed E-state index contributed by atoms with van der Waals surface area (Å²) in [6.07, 6.45) is 0. The third kappa shape index (κ3) is 4.09. The zero-order valence-electron chi connectivity index (χ0n) is 6.44. The van der Waals surface area contributed by atoms with Crippen molar-refractivity contribution in [3.8, 4) is 0 Å². The van der Waals surface area contributed by atoms with Crippen molar-refractivity contribution in [2.45, 2.75) is 13.0 Å². The van der Waals surface area contributed by atoms with E-state index in [-0.39, 0.29) is 5.75 Å². The highest BCUT2D eigenvalue weighted by Gasteiger charge is 2.15. The van der Waals surface area contributed by atoms with Gasteiger partial charge in [0, 0.05) is 12.7 Å². The molecule has 12 heavy (non-hydrogen) atoms. The number of carbonyl (C=O) groups excluding carboxylic acids is 2. The molecule has 0 bridgehead atoms. The van der Waals surface area contributed by atoms with Crippen molar-refractivity contribution in [3.05, 3.63) is 0 Å². The van der Waals surface area contributed by atoms with Crippen molar-refractivity contribution in [1.82, 2.24) is 0 Å². The molecule has 0 amide bonds. The fourth-order valence-corrected chi connectivity index (χ4v) is 1.02. The minimum atomic E-state index is -1.18. The van der Waals surface area contributed by atoms with Crippen LogP contribution in [0.3, 0.4) is 0 Å². The highest BCUT2D eigenvalue weighted by molar-refractivity contribution is 8.15. The van der Waals surface area contributed by atoms with Crippen LogP contribution in [0.25, 0.3) is 0 Å². The predicted octanol–water partition coefficient (Wildman–Crippen LogP) is -0.753. The number of carboxylic acid groups (broad SMARTS) is 1. The van der Waals surface area contributed by atoms with E-state index >= 15 is 0 Å². The average Bonchev–Trinajstić information content (AvgIpc) is 1.98. The highest BCUT2D eigenvalue weighted by Crippen LogP contribution is 2.03. The van der Waals surface area contributed by atoms with Crippen molar-refractivity contribution >= 4 is 28.6 Å². The molecule has 3 N–H and O–H groups in total. The standard InChI is InChI=1S/C6H9NO4S/c1-3(8)6(11)12-2-4(7)5(9)10/h4H,2,7H2,1H3,(H,9,10). The summed E-state index contributed by atoms with van der Waals surface area (Å²) in [5.41, 5.74) is 5.08. The molecule has 5 nitrogen and oxygen atoms in total. The van der Waals surface area contributed by atoms with E-state index in [1.165, 1.54) is 0 Å². The van der Waals surface area contributed by atoms with Gasteiger partial charge in [-0.05, 0) is 0 Å². The van der Waals surface area contributed by atoms with Crippen LogP contribution in [0.2, 0.25) is 0 Å². The lowest BCUT2D eigenvalue weighted by Crippen LogP contribution is -2.33. The molecule has 0 spiro atoms. The minimum Gasteiger partial charge on any atom is -0.480 e. The van der Waals surface area contributed by atoms with Crippen molar-refractivity contribution in [1.29, 1.82) is 0 Å². The molecule has 0 aliphatic carbocycles. The Morgan fingerprint density at radius 1 is 1.50 bits per heavy atom. The van der Waals surface area contributed by atoms with Crippen LogP contribution in [-0.2, 0) is 14.4 Å². The van der Waals surface area contributed by atoms with Gasteiger partial charge in [-0.1, -0.05) is 11.8 Å². The van der Waals surface area contributed by atoms with Crippen LogP contribution in [0.1, 0.15) is 6.92 Å². The van der Waals surface area contributed by atoms with Gasteiger partial charge in [0.05, 0.1) is 0 Å². The second kappa shape index (κ2) is 4.89. The van der Waals surface area contributed by atoms with Crippen molar-refractivity contribution in [2.75, 3.05) is 5.75 Å². The summed E-state index contributed by atoms with van der Waals surface area (Å²) < 4.78 is 0. The Balaban J connectivity index is 3.76. The molecule has 0 aromatic heterocycles. The van der Waals surface area contributed by atoms with Gasteiger partial charge >= 0.3 is 5.97 Å². The van der Waals surface area contributed by atoms with Gasteiger partial charge in [-0.25, -0.2) is 0 Å². The van der Waals surface area contributed by atoms with Gasteiger partial charge in [0.2, 0.25) is 5.78 Å². The molecular weight excluding hydrogens is 182 g/mol. The fourth-order valence-electron chi connectivity index (χ4n) is 0.338. The van der Waals surface area contributed by atoms with E-state index < -0.39 is 22.9 Å². The normalized spacial score (nSPS) is 12.2. The van der Waals surface area contributed by atoms with Crippen molar-refractivity contribution in [2.24, 2.45) is 5.73 Å².